The molecule has 0 atom stereocenters. The minimum absolute atomic E-state index is 0.0499. The Kier molecular flexibility index (Phi) is 2.72. The minimum Gasteiger partial charge on any atom is -0.310 e. The number of likely N-dealkylation sites (tertiary alicyclic amines) is 1. The third kappa shape index (κ3) is 2.00. The SMILES string of the molecule is CN1CCC(c2nc3c(c(=O)[nH]2)CNC3)CC1. The van der Waals surface area contributed by atoms with Crippen molar-refractivity contribution >= 4 is 0 Å². The van der Waals surface area contributed by atoms with Gasteiger partial charge in [-0.25, -0.2) is 4.98 Å². The number of fused-ring (bicyclic) bond motifs is 1. The second-order valence-corrected chi connectivity index (χ2v) is 5.06. The summed E-state index contributed by atoms with van der Waals surface area (Å²) in [7, 11) is 2.14. The van der Waals surface area contributed by atoms with Gasteiger partial charge in [0, 0.05) is 19.0 Å². The maximum atomic E-state index is 11.9. The lowest BCUT2D eigenvalue weighted by Crippen LogP contribution is -2.31. The molecule has 92 valence electrons. The largest absolute Gasteiger partial charge is 0.310 e. The molecular formula is C12H18N4O. The van der Waals surface area contributed by atoms with E-state index in [1.54, 1.807) is 0 Å². The fraction of sp³-hybridized carbons (Fsp3) is 0.667. The number of piperidine rings is 1. The highest BCUT2D eigenvalue weighted by molar-refractivity contribution is 5.22. The molecule has 0 bridgehead atoms. The normalized spacial score (nSPS) is 21.7. The molecule has 0 spiro atoms. The van der Waals surface area contributed by atoms with Crippen LogP contribution in [0.4, 0.5) is 0 Å². The van der Waals surface area contributed by atoms with Crippen molar-refractivity contribution in [3.8, 4) is 0 Å². The first-order chi connectivity index (χ1) is 8.24. The molecule has 0 unspecified atom stereocenters. The van der Waals surface area contributed by atoms with E-state index in [9.17, 15) is 4.79 Å². The van der Waals surface area contributed by atoms with Gasteiger partial charge in [0.1, 0.15) is 5.82 Å². The van der Waals surface area contributed by atoms with Gasteiger partial charge < -0.3 is 15.2 Å². The Hall–Kier alpha value is -1.20. The van der Waals surface area contributed by atoms with Crippen molar-refractivity contribution in [1.29, 1.82) is 0 Å². The van der Waals surface area contributed by atoms with Gasteiger partial charge in [-0.15, -0.1) is 0 Å². The number of H-pyrrole nitrogens is 1. The number of aromatic amines is 1. The molecule has 5 nitrogen and oxygen atoms in total. The average molecular weight is 234 g/mol. The molecule has 1 saturated heterocycles. The summed E-state index contributed by atoms with van der Waals surface area (Å²) in [4.78, 5) is 21.8. The molecule has 2 N–H and O–H groups in total. The molecule has 0 amide bonds. The summed E-state index contributed by atoms with van der Waals surface area (Å²) >= 11 is 0. The maximum absolute atomic E-state index is 11.9. The molecule has 17 heavy (non-hydrogen) atoms. The Labute approximate surface area is 100 Å². The second-order valence-electron chi connectivity index (χ2n) is 5.06. The molecule has 1 aromatic heterocycles. The van der Waals surface area contributed by atoms with Crippen LogP contribution in [-0.2, 0) is 13.1 Å². The van der Waals surface area contributed by atoms with Crippen molar-refractivity contribution < 1.29 is 0 Å². The van der Waals surface area contributed by atoms with E-state index in [-0.39, 0.29) is 5.56 Å². The fourth-order valence-corrected chi connectivity index (χ4v) is 2.67. The maximum Gasteiger partial charge on any atom is 0.255 e. The van der Waals surface area contributed by atoms with Crippen molar-refractivity contribution in [3.63, 3.8) is 0 Å². The summed E-state index contributed by atoms with van der Waals surface area (Å²) in [6.07, 6.45) is 2.18. The predicted octanol–water partition coefficient (Wildman–Crippen LogP) is 0.182. The van der Waals surface area contributed by atoms with E-state index in [2.05, 4.69) is 27.2 Å². The van der Waals surface area contributed by atoms with Crippen LogP contribution in [0.25, 0.3) is 0 Å². The molecule has 5 heteroatoms. The molecule has 0 aromatic carbocycles. The summed E-state index contributed by atoms with van der Waals surface area (Å²) < 4.78 is 0. The van der Waals surface area contributed by atoms with Gasteiger partial charge in [0.15, 0.2) is 0 Å². The lowest BCUT2D eigenvalue weighted by molar-refractivity contribution is 0.251. The molecule has 2 aliphatic rings. The zero-order valence-electron chi connectivity index (χ0n) is 10.1. The van der Waals surface area contributed by atoms with Crippen molar-refractivity contribution in [1.82, 2.24) is 20.2 Å². The zero-order chi connectivity index (χ0) is 11.8. The van der Waals surface area contributed by atoms with Gasteiger partial charge in [0.05, 0.1) is 11.3 Å². The van der Waals surface area contributed by atoms with Crippen LogP contribution in [0.5, 0.6) is 0 Å². The Morgan fingerprint density at radius 1 is 1.29 bits per heavy atom. The highest BCUT2D eigenvalue weighted by Gasteiger charge is 2.23. The molecule has 3 rings (SSSR count). The molecule has 1 fully saturated rings. The number of nitrogens with one attached hydrogen (secondary N) is 2. The standard InChI is InChI=1S/C12H18N4O/c1-16-4-2-8(3-5-16)11-14-10-7-13-6-9(10)12(17)15-11/h8,13H,2-7H2,1H3,(H,14,15,17). The Morgan fingerprint density at radius 2 is 2.06 bits per heavy atom. The third-order valence-corrected chi connectivity index (χ3v) is 3.82. The Morgan fingerprint density at radius 3 is 2.82 bits per heavy atom. The average Bonchev–Trinajstić information content (AvgIpc) is 2.78. The van der Waals surface area contributed by atoms with Crippen LogP contribution in [0.2, 0.25) is 0 Å². The van der Waals surface area contributed by atoms with E-state index < -0.39 is 0 Å². The van der Waals surface area contributed by atoms with E-state index in [0.717, 1.165) is 49.6 Å². The molecular weight excluding hydrogens is 216 g/mol. The van der Waals surface area contributed by atoms with E-state index in [1.807, 2.05) is 0 Å². The van der Waals surface area contributed by atoms with Gasteiger partial charge in [-0.3, -0.25) is 4.79 Å². The number of hydrogen-bond acceptors (Lipinski definition) is 4. The third-order valence-electron chi connectivity index (χ3n) is 3.82. The summed E-state index contributed by atoms with van der Waals surface area (Å²) in [5.74, 6) is 1.32. The van der Waals surface area contributed by atoms with Crippen LogP contribution in [0.15, 0.2) is 4.79 Å². The topological polar surface area (TPSA) is 61.0 Å². The number of hydrogen-bond donors (Lipinski definition) is 2. The quantitative estimate of drug-likeness (QED) is 0.728. The number of aromatic nitrogens is 2. The predicted molar refractivity (Wildman–Crippen MR) is 64.9 cm³/mol. The first-order valence-electron chi connectivity index (χ1n) is 6.25. The molecule has 0 radical (unpaired) electrons. The van der Waals surface area contributed by atoms with Crippen LogP contribution < -0.4 is 10.9 Å². The minimum atomic E-state index is 0.0499. The van der Waals surface area contributed by atoms with Gasteiger partial charge in [0.2, 0.25) is 0 Å². The summed E-state index contributed by atoms with van der Waals surface area (Å²) in [6.45, 7) is 3.57. The molecule has 1 aromatic rings. The first-order valence-corrected chi connectivity index (χ1v) is 6.25. The van der Waals surface area contributed by atoms with E-state index in [0.29, 0.717) is 12.5 Å². The summed E-state index contributed by atoms with van der Waals surface area (Å²) in [5.41, 5.74) is 1.82. The fourth-order valence-electron chi connectivity index (χ4n) is 2.67. The number of nitrogens with zero attached hydrogens (tertiary/aromatic N) is 2. The van der Waals surface area contributed by atoms with Gasteiger partial charge >= 0.3 is 0 Å². The lowest BCUT2D eigenvalue weighted by Gasteiger charge is -2.28. The first kappa shape index (κ1) is 10.9. The van der Waals surface area contributed by atoms with Gasteiger partial charge in [-0.05, 0) is 33.0 Å². The lowest BCUT2D eigenvalue weighted by atomic mass is 9.96. The van der Waals surface area contributed by atoms with Crippen molar-refractivity contribution in [2.75, 3.05) is 20.1 Å². The summed E-state index contributed by atoms with van der Waals surface area (Å²) in [6, 6.07) is 0. The monoisotopic (exact) mass is 234 g/mol. The molecule has 2 aliphatic heterocycles. The van der Waals surface area contributed by atoms with E-state index in [4.69, 9.17) is 0 Å². The second kappa shape index (κ2) is 4.23. The van der Waals surface area contributed by atoms with Crippen molar-refractivity contribution in [2.45, 2.75) is 31.8 Å². The van der Waals surface area contributed by atoms with E-state index >= 15 is 0 Å². The molecule has 3 heterocycles. The van der Waals surface area contributed by atoms with E-state index in [1.165, 1.54) is 0 Å². The zero-order valence-corrected chi connectivity index (χ0v) is 10.1. The molecule has 0 saturated carbocycles. The van der Waals surface area contributed by atoms with Crippen LogP contribution in [-0.4, -0.2) is 35.0 Å². The van der Waals surface area contributed by atoms with Crippen LogP contribution >= 0.6 is 0 Å². The Balaban J connectivity index is 1.89. The van der Waals surface area contributed by atoms with Crippen molar-refractivity contribution in [3.05, 3.63) is 27.4 Å². The van der Waals surface area contributed by atoms with Gasteiger partial charge in [0.25, 0.3) is 5.56 Å². The Bertz CT molecular complexity index is 474. The molecule has 0 aliphatic carbocycles. The highest BCUT2D eigenvalue weighted by Crippen LogP contribution is 2.24. The van der Waals surface area contributed by atoms with Gasteiger partial charge in [-0.2, -0.15) is 0 Å². The summed E-state index contributed by atoms with van der Waals surface area (Å²) in [5, 5.41) is 3.17. The van der Waals surface area contributed by atoms with Crippen LogP contribution in [0, 0.1) is 0 Å². The number of rotatable bonds is 1. The van der Waals surface area contributed by atoms with Crippen LogP contribution in [0.3, 0.4) is 0 Å². The van der Waals surface area contributed by atoms with Crippen LogP contribution in [0.1, 0.15) is 35.8 Å². The van der Waals surface area contributed by atoms with Crippen molar-refractivity contribution in [2.24, 2.45) is 0 Å². The smallest absolute Gasteiger partial charge is 0.255 e. The van der Waals surface area contributed by atoms with Gasteiger partial charge in [-0.1, -0.05) is 0 Å². The highest BCUT2D eigenvalue weighted by atomic mass is 16.1.